The number of benzene rings is 1. The number of ether oxygens (including phenoxy) is 1. The highest BCUT2D eigenvalue weighted by Crippen LogP contribution is 2.15. The zero-order valence-electron chi connectivity index (χ0n) is 7.21. The molecule has 0 aliphatic heterocycles. The molecule has 0 heterocycles. The number of esters is 1. The molecule has 0 bridgehead atoms. The first-order valence-corrected chi connectivity index (χ1v) is 3.92. The first-order chi connectivity index (χ1) is 6.29. The number of halogens is 1. The number of nitrogens with one attached hydrogen (secondary N) is 1. The van der Waals surface area contributed by atoms with Gasteiger partial charge in [0.2, 0.25) is 0 Å². The SMILES string of the molecule is CCOC(=O)c1ccccc1NF. The molecule has 0 unspecified atom stereocenters. The summed E-state index contributed by atoms with van der Waals surface area (Å²) in [6.07, 6.45) is 0. The van der Waals surface area contributed by atoms with Crippen LogP contribution in [0, 0.1) is 0 Å². The van der Waals surface area contributed by atoms with Crippen LogP contribution in [0.2, 0.25) is 0 Å². The Morgan fingerprint density at radius 3 is 2.85 bits per heavy atom. The van der Waals surface area contributed by atoms with Crippen LogP contribution in [0.25, 0.3) is 0 Å². The van der Waals surface area contributed by atoms with Crippen molar-refractivity contribution in [3.8, 4) is 0 Å². The molecule has 1 rings (SSSR count). The van der Waals surface area contributed by atoms with E-state index >= 15 is 0 Å². The van der Waals surface area contributed by atoms with Crippen LogP contribution in [0.5, 0.6) is 0 Å². The summed E-state index contributed by atoms with van der Waals surface area (Å²) in [5, 5.41) is 0. The number of rotatable bonds is 3. The second-order valence-electron chi connectivity index (χ2n) is 2.36. The van der Waals surface area contributed by atoms with Gasteiger partial charge in [-0.15, -0.1) is 4.48 Å². The molecule has 3 nitrogen and oxygen atoms in total. The fourth-order valence-electron chi connectivity index (χ4n) is 0.952. The summed E-state index contributed by atoms with van der Waals surface area (Å²) in [6, 6.07) is 6.24. The van der Waals surface area contributed by atoms with Gasteiger partial charge in [0.05, 0.1) is 17.9 Å². The van der Waals surface area contributed by atoms with Crippen molar-refractivity contribution in [2.45, 2.75) is 6.92 Å². The Hall–Kier alpha value is -1.58. The van der Waals surface area contributed by atoms with Crippen molar-refractivity contribution < 1.29 is 14.0 Å². The van der Waals surface area contributed by atoms with Crippen LogP contribution in [-0.4, -0.2) is 12.6 Å². The lowest BCUT2D eigenvalue weighted by Gasteiger charge is -2.05. The minimum atomic E-state index is -0.525. The molecule has 70 valence electrons. The molecule has 13 heavy (non-hydrogen) atoms. The summed E-state index contributed by atoms with van der Waals surface area (Å²) >= 11 is 0. The summed E-state index contributed by atoms with van der Waals surface area (Å²) in [5.41, 5.74) is 1.76. The minimum Gasteiger partial charge on any atom is -0.462 e. The largest absolute Gasteiger partial charge is 0.462 e. The quantitative estimate of drug-likeness (QED) is 0.576. The van der Waals surface area contributed by atoms with E-state index in [1.807, 2.05) is 0 Å². The zero-order chi connectivity index (χ0) is 9.68. The number of hydrogen-bond donors (Lipinski definition) is 1. The highest BCUT2D eigenvalue weighted by molar-refractivity contribution is 5.95. The summed E-state index contributed by atoms with van der Waals surface area (Å²) < 4.78 is 16.9. The van der Waals surface area contributed by atoms with E-state index in [4.69, 9.17) is 4.74 Å². The number of para-hydroxylation sites is 1. The van der Waals surface area contributed by atoms with Gasteiger partial charge in [-0.3, -0.25) is 0 Å². The third-order valence-corrected chi connectivity index (χ3v) is 1.52. The first-order valence-electron chi connectivity index (χ1n) is 3.92. The smallest absolute Gasteiger partial charge is 0.340 e. The Bertz CT molecular complexity index is 301. The van der Waals surface area contributed by atoms with Gasteiger partial charge < -0.3 is 4.74 Å². The fourth-order valence-corrected chi connectivity index (χ4v) is 0.952. The Kier molecular flexibility index (Phi) is 3.25. The Morgan fingerprint density at radius 2 is 2.23 bits per heavy atom. The topological polar surface area (TPSA) is 38.3 Å². The molecule has 0 aromatic heterocycles. The van der Waals surface area contributed by atoms with Crippen molar-refractivity contribution in [3.63, 3.8) is 0 Å². The lowest BCUT2D eigenvalue weighted by Crippen LogP contribution is -2.06. The summed E-state index contributed by atoms with van der Waals surface area (Å²) in [6.45, 7) is 1.98. The van der Waals surface area contributed by atoms with Gasteiger partial charge in [-0.2, -0.15) is 0 Å². The van der Waals surface area contributed by atoms with Crippen LogP contribution in [0.3, 0.4) is 0 Å². The number of carbonyl (C=O) groups excluding carboxylic acids is 1. The minimum absolute atomic E-state index is 0.126. The van der Waals surface area contributed by atoms with E-state index in [0.717, 1.165) is 0 Å². The first kappa shape index (κ1) is 9.51. The summed E-state index contributed by atoms with van der Waals surface area (Å²) in [4.78, 5) is 11.2. The molecule has 0 aliphatic carbocycles. The number of hydrogen-bond acceptors (Lipinski definition) is 3. The lowest BCUT2D eigenvalue weighted by molar-refractivity contribution is 0.0527. The van der Waals surface area contributed by atoms with Crippen molar-refractivity contribution >= 4 is 11.7 Å². The van der Waals surface area contributed by atoms with E-state index in [2.05, 4.69) is 0 Å². The van der Waals surface area contributed by atoms with E-state index in [-0.39, 0.29) is 17.9 Å². The molecule has 0 amide bonds. The Morgan fingerprint density at radius 1 is 1.54 bits per heavy atom. The third kappa shape index (κ3) is 2.18. The lowest BCUT2D eigenvalue weighted by atomic mass is 10.2. The van der Waals surface area contributed by atoms with Crippen LogP contribution in [0.15, 0.2) is 24.3 Å². The molecular weight excluding hydrogens is 173 g/mol. The molecule has 0 aliphatic rings. The molecule has 4 heteroatoms. The molecule has 1 aromatic rings. The zero-order valence-corrected chi connectivity index (χ0v) is 7.21. The molecule has 0 saturated carbocycles. The van der Waals surface area contributed by atoms with Gasteiger partial charge in [-0.05, 0) is 19.1 Å². The molecule has 1 aromatic carbocycles. The normalized spacial score (nSPS) is 9.38. The van der Waals surface area contributed by atoms with Crippen LogP contribution in [0.1, 0.15) is 17.3 Å². The summed E-state index contributed by atoms with van der Waals surface area (Å²) in [5.74, 6) is -0.525. The van der Waals surface area contributed by atoms with E-state index in [1.54, 1.807) is 19.1 Å². The predicted molar refractivity (Wildman–Crippen MR) is 47.1 cm³/mol. The summed E-state index contributed by atoms with van der Waals surface area (Å²) in [7, 11) is 0. The van der Waals surface area contributed by atoms with Crippen molar-refractivity contribution in [3.05, 3.63) is 29.8 Å². The highest BCUT2D eigenvalue weighted by atomic mass is 19.2. The van der Waals surface area contributed by atoms with Gasteiger partial charge in [0, 0.05) is 0 Å². The maximum absolute atomic E-state index is 12.1. The van der Waals surface area contributed by atoms with Gasteiger partial charge in [0.25, 0.3) is 0 Å². The molecule has 0 fully saturated rings. The van der Waals surface area contributed by atoms with Crippen molar-refractivity contribution in [2.24, 2.45) is 0 Å². The van der Waals surface area contributed by atoms with Crippen LogP contribution in [-0.2, 0) is 4.74 Å². The number of carbonyl (C=O) groups is 1. The Labute approximate surface area is 75.5 Å². The van der Waals surface area contributed by atoms with Crippen molar-refractivity contribution in [1.82, 2.24) is 0 Å². The van der Waals surface area contributed by atoms with Crippen molar-refractivity contribution in [1.29, 1.82) is 0 Å². The van der Waals surface area contributed by atoms with Gasteiger partial charge in [-0.25, -0.2) is 10.3 Å². The monoisotopic (exact) mass is 183 g/mol. The van der Waals surface area contributed by atoms with Gasteiger partial charge in [0.15, 0.2) is 0 Å². The molecule has 0 radical (unpaired) electrons. The average molecular weight is 183 g/mol. The van der Waals surface area contributed by atoms with Crippen LogP contribution >= 0.6 is 0 Å². The van der Waals surface area contributed by atoms with Gasteiger partial charge in [-0.1, -0.05) is 12.1 Å². The van der Waals surface area contributed by atoms with Gasteiger partial charge in [0.1, 0.15) is 0 Å². The van der Waals surface area contributed by atoms with Crippen LogP contribution < -0.4 is 5.54 Å². The maximum atomic E-state index is 12.1. The van der Waals surface area contributed by atoms with E-state index in [0.29, 0.717) is 0 Å². The molecular formula is C9H10FNO2. The maximum Gasteiger partial charge on any atom is 0.340 e. The molecule has 0 atom stereocenters. The van der Waals surface area contributed by atoms with Crippen molar-refractivity contribution in [2.75, 3.05) is 12.1 Å². The van der Waals surface area contributed by atoms with Crippen LogP contribution in [0.4, 0.5) is 10.2 Å². The van der Waals surface area contributed by atoms with E-state index in [9.17, 15) is 9.28 Å². The second-order valence-corrected chi connectivity index (χ2v) is 2.36. The van der Waals surface area contributed by atoms with E-state index in [1.165, 1.54) is 17.7 Å². The molecule has 0 spiro atoms. The third-order valence-electron chi connectivity index (χ3n) is 1.52. The van der Waals surface area contributed by atoms with E-state index < -0.39 is 5.97 Å². The molecule has 1 N–H and O–H groups in total. The fraction of sp³-hybridized carbons (Fsp3) is 0.222. The molecule has 0 saturated heterocycles. The predicted octanol–water partition coefficient (Wildman–Crippen LogP) is 2.16. The standard InChI is InChI=1S/C9H10FNO2/c1-2-13-9(12)7-5-3-4-6-8(7)11-10/h3-6,11H,2H2,1H3. The second kappa shape index (κ2) is 4.45. The number of anilines is 1. The highest BCUT2D eigenvalue weighted by Gasteiger charge is 2.10. The Balaban J connectivity index is 2.92. The van der Waals surface area contributed by atoms with Gasteiger partial charge >= 0.3 is 5.97 Å². The average Bonchev–Trinajstić information content (AvgIpc) is 2.18.